The van der Waals surface area contributed by atoms with Crippen molar-refractivity contribution in [1.82, 2.24) is 4.23 Å². The standard InChI is InChI=1S/C14H23NO2Si2/c1-18(2)9-10-19(3,4)15(18)11-12-5-7-13(8-6-12)14(16)17/h5-8H,9-11H2,1-4H3,(H,16,17). The van der Waals surface area contributed by atoms with Gasteiger partial charge >= 0.3 is 5.97 Å². The van der Waals surface area contributed by atoms with E-state index in [1.54, 1.807) is 12.1 Å². The zero-order valence-electron chi connectivity index (χ0n) is 12.2. The van der Waals surface area contributed by atoms with Gasteiger partial charge in [0.05, 0.1) is 5.56 Å². The molecule has 0 bridgehead atoms. The average Bonchev–Trinajstić information content (AvgIpc) is 2.53. The van der Waals surface area contributed by atoms with Gasteiger partial charge in [-0.2, -0.15) is 0 Å². The van der Waals surface area contributed by atoms with Crippen LogP contribution in [0.3, 0.4) is 0 Å². The molecule has 104 valence electrons. The second-order valence-corrected chi connectivity index (χ2v) is 16.5. The molecule has 0 amide bonds. The maximum Gasteiger partial charge on any atom is 0.335 e. The molecule has 1 N–H and O–H groups in total. The van der Waals surface area contributed by atoms with Crippen LogP contribution in [0.5, 0.6) is 0 Å². The molecule has 1 aromatic rings. The zero-order chi connectivity index (χ0) is 14.3. The number of hydrogen-bond acceptors (Lipinski definition) is 2. The number of carboxylic acids is 1. The Morgan fingerprint density at radius 2 is 1.58 bits per heavy atom. The lowest BCUT2D eigenvalue weighted by Gasteiger charge is -2.39. The third-order valence-electron chi connectivity index (χ3n) is 4.35. The summed E-state index contributed by atoms with van der Waals surface area (Å²) in [6.07, 6.45) is 0. The Kier molecular flexibility index (Phi) is 3.72. The Hall–Kier alpha value is -0.916. The molecular weight excluding hydrogens is 270 g/mol. The first-order chi connectivity index (χ1) is 8.72. The molecule has 0 spiro atoms. The minimum absolute atomic E-state index is 0.373. The van der Waals surface area contributed by atoms with Gasteiger partial charge in [0.1, 0.15) is 16.5 Å². The van der Waals surface area contributed by atoms with Gasteiger partial charge in [-0.15, -0.1) is 0 Å². The summed E-state index contributed by atoms with van der Waals surface area (Å²) in [7, 11) is -2.49. The van der Waals surface area contributed by atoms with Crippen LogP contribution in [0, 0.1) is 0 Å². The first kappa shape index (κ1) is 14.5. The molecule has 2 rings (SSSR count). The van der Waals surface area contributed by atoms with Crippen LogP contribution in [0.25, 0.3) is 0 Å². The first-order valence-corrected chi connectivity index (χ1v) is 13.1. The van der Waals surface area contributed by atoms with Gasteiger partial charge in [0.25, 0.3) is 0 Å². The van der Waals surface area contributed by atoms with Gasteiger partial charge in [-0.25, -0.2) is 4.79 Å². The predicted octanol–water partition coefficient (Wildman–Crippen LogP) is 3.61. The highest BCUT2D eigenvalue weighted by Gasteiger charge is 2.46. The van der Waals surface area contributed by atoms with Crippen molar-refractivity contribution in [1.29, 1.82) is 0 Å². The Labute approximate surface area is 117 Å². The summed E-state index contributed by atoms with van der Waals surface area (Å²) in [4.78, 5) is 10.9. The Balaban J connectivity index is 2.18. The molecule has 1 fully saturated rings. The van der Waals surface area contributed by atoms with E-state index in [1.807, 2.05) is 12.1 Å². The molecule has 0 aromatic heterocycles. The van der Waals surface area contributed by atoms with Gasteiger partial charge in [0.15, 0.2) is 0 Å². The summed E-state index contributed by atoms with van der Waals surface area (Å²) in [6, 6.07) is 10.2. The van der Waals surface area contributed by atoms with E-state index in [0.29, 0.717) is 5.56 Å². The number of hydrogen-bond donors (Lipinski definition) is 1. The van der Waals surface area contributed by atoms with Gasteiger partial charge in [0.2, 0.25) is 0 Å². The minimum Gasteiger partial charge on any atom is -0.478 e. The maximum absolute atomic E-state index is 10.9. The summed E-state index contributed by atoms with van der Waals surface area (Å²) >= 11 is 0. The number of nitrogens with zero attached hydrogens (tertiary/aromatic N) is 1. The van der Waals surface area contributed by atoms with E-state index in [9.17, 15) is 4.79 Å². The van der Waals surface area contributed by atoms with Crippen molar-refractivity contribution in [2.24, 2.45) is 0 Å². The largest absolute Gasteiger partial charge is 0.478 e. The van der Waals surface area contributed by atoms with Crippen molar-refractivity contribution in [2.45, 2.75) is 44.8 Å². The third-order valence-corrected chi connectivity index (χ3v) is 14.7. The lowest BCUT2D eigenvalue weighted by Crippen LogP contribution is -2.54. The zero-order valence-corrected chi connectivity index (χ0v) is 14.2. The molecule has 0 aliphatic carbocycles. The molecule has 1 saturated heterocycles. The van der Waals surface area contributed by atoms with Crippen LogP contribution in [-0.2, 0) is 6.54 Å². The van der Waals surface area contributed by atoms with Crippen LogP contribution in [0.1, 0.15) is 15.9 Å². The normalized spacial score (nSPS) is 21.5. The topological polar surface area (TPSA) is 40.5 Å². The smallest absolute Gasteiger partial charge is 0.335 e. The van der Waals surface area contributed by atoms with Crippen LogP contribution in [0.4, 0.5) is 0 Å². The number of rotatable bonds is 3. The molecule has 1 heterocycles. The predicted molar refractivity (Wildman–Crippen MR) is 83.5 cm³/mol. The summed E-state index contributed by atoms with van der Waals surface area (Å²) in [5.41, 5.74) is 1.62. The number of benzene rings is 1. The van der Waals surface area contributed by atoms with Gasteiger partial charge < -0.3 is 9.34 Å². The van der Waals surface area contributed by atoms with Crippen LogP contribution in [0.2, 0.25) is 38.3 Å². The van der Waals surface area contributed by atoms with Crippen molar-refractivity contribution in [3.8, 4) is 0 Å². The first-order valence-electron chi connectivity index (χ1n) is 6.82. The van der Waals surface area contributed by atoms with E-state index < -0.39 is 22.4 Å². The highest BCUT2D eigenvalue weighted by molar-refractivity contribution is 6.95. The lowest BCUT2D eigenvalue weighted by atomic mass is 10.1. The molecular formula is C14H23NO2Si2. The second-order valence-electron chi connectivity index (χ2n) is 6.71. The molecule has 19 heavy (non-hydrogen) atoms. The molecule has 3 nitrogen and oxygen atoms in total. The Morgan fingerprint density at radius 3 is 2.00 bits per heavy atom. The average molecular weight is 294 g/mol. The van der Waals surface area contributed by atoms with Crippen LogP contribution < -0.4 is 0 Å². The van der Waals surface area contributed by atoms with E-state index >= 15 is 0 Å². The highest BCUT2D eigenvalue weighted by Crippen LogP contribution is 2.37. The van der Waals surface area contributed by atoms with E-state index in [2.05, 4.69) is 30.4 Å². The Morgan fingerprint density at radius 1 is 1.11 bits per heavy atom. The van der Waals surface area contributed by atoms with E-state index in [0.717, 1.165) is 6.54 Å². The minimum atomic E-state index is -1.24. The molecule has 0 unspecified atom stereocenters. The maximum atomic E-state index is 10.9. The highest BCUT2D eigenvalue weighted by atomic mass is 28.4. The van der Waals surface area contributed by atoms with Crippen LogP contribution in [0.15, 0.2) is 24.3 Å². The van der Waals surface area contributed by atoms with Crippen molar-refractivity contribution in [3.63, 3.8) is 0 Å². The second kappa shape index (κ2) is 4.88. The fraction of sp³-hybridized carbons (Fsp3) is 0.500. The Bertz CT molecular complexity index is 467. The lowest BCUT2D eigenvalue weighted by molar-refractivity contribution is 0.0697. The molecule has 1 aromatic carbocycles. The SMILES string of the molecule is C[Si]1(C)CC[Si](C)(C)N1Cc1ccc(C(=O)O)cc1. The number of aromatic carboxylic acids is 1. The molecule has 1 aliphatic rings. The quantitative estimate of drug-likeness (QED) is 0.866. The number of carbonyl (C=O) groups is 1. The fourth-order valence-corrected chi connectivity index (χ4v) is 16.9. The number of carboxylic acid groups (broad SMARTS) is 1. The fourth-order valence-electron chi connectivity index (χ4n) is 3.06. The monoisotopic (exact) mass is 293 g/mol. The van der Waals surface area contributed by atoms with E-state index in [4.69, 9.17) is 5.11 Å². The molecule has 0 atom stereocenters. The molecule has 1 aliphatic heterocycles. The van der Waals surface area contributed by atoms with E-state index in [1.165, 1.54) is 17.7 Å². The van der Waals surface area contributed by atoms with Gasteiger partial charge in [0, 0.05) is 6.54 Å². The van der Waals surface area contributed by atoms with Gasteiger partial charge in [-0.3, -0.25) is 0 Å². The molecule has 0 radical (unpaired) electrons. The van der Waals surface area contributed by atoms with E-state index in [-0.39, 0.29) is 0 Å². The van der Waals surface area contributed by atoms with Crippen molar-refractivity contribution < 1.29 is 9.90 Å². The van der Waals surface area contributed by atoms with Crippen molar-refractivity contribution in [2.75, 3.05) is 0 Å². The third kappa shape index (κ3) is 2.99. The van der Waals surface area contributed by atoms with Gasteiger partial charge in [-0.05, 0) is 29.8 Å². The van der Waals surface area contributed by atoms with Crippen molar-refractivity contribution >= 4 is 22.4 Å². The van der Waals surface area contributed by atoms with Crippen LogP contribution >= 0.6 is 0 Å². The molecule has 0 saturated carbocycles. The van der Waals surface area contributed by atoms with Crippen molar-refractivity contribution in [3.05, 3.63) is 35.4 Å². The summed E-state index contributed by atoms with van der Waals surface area (Å²) in [6.45, 7) is 10.8. The van der Waals surface area contributed by atoms with Gasteiger partial charge in [-0.1, -0.05) is 38.3 Å². The summed E-state index contributed by atoms with van der Waals surface area (Å²) in [5.74, 6) is -0.850. The van der Waals surface area contributed by atoms with Crippen LogP contribution in [-0.4, -0.2) is 31.8 Å². The summed E-state index contributed by atoms with van der Waals surface area (Å²) < 4.78 is 2.80. The summed E-state index contributed by atoms with van der Waals surface area (Å²) in [5, 5.41) is 8.93. The molecule has 5 heteroatoms.